The fraction of sp³-hybridized carbons (Fsp3) is 0.346. The van der Waals surface area contributed by atoms with Gasteiger partial charge in [-0.1, -0.05) is 55.5 Å². The highest BCUT2D eigenvalue weighted by molar-refractivity contribution is 6.05. The van der Waals surface area contributed by atoms with Crippen LogP contribution in [0.25, 0.3) is 0 Å². The van der Waals surface area contributed by atoms with Crippen LogP contribution in [0.5, 0.6) is 0 Å². The molecular formula is C26H29N3O6. The molecule has 1 aliphatic rings. The highest BCUT2D eigenvalue weighted by atomic mass is 16.6. The average molecular weight is 480 g/mol. The highest BCUT2D eigenvalue weighted by Crippen LogP contribution is 2.48. The second kappa shape index (κ2) is 10.6. The molecule has 2 aromatic carbocycles. The summed E-state index contributed by atoms with van der Waals surface area (Å²) in [6.45, 7) is 5.17. The molecule has 3 unspecified atom stereocenters. The van der Waals surface area contributed by atoms with Crippen LogP contribution in [0.2, 0.25) is 0 Å². The van der Waals surface area contributed by atoms with Crippen LogP contribution in [-0.4, -0.2) is 39.3 Å². The van der Waals surface area contributed by atoms with Crippen molar-refractivity contribution >= 4 is 23.3 Å². The smallest absolute Gasteiger partial charge is 0.334 e. The van der Waals surface area contributed by atoms with Gasteiger partial charge in [-0.05, 0) is 38.8 Å². The number of carboxylic acid groups (broad SMARTS) is 2. The Labute approximate surface area is 203 Å². The minimum absolute atomic E-state index is 0.00937. The Balaban J connectivity index is 2.06. The molecule has 3 N–H and O–H groups in total. The first-order valence-corrected chi connectivity index (χ1v) is 11.3. The number of nitrogens with zero attached hydrogens (tertiary/aromatic N) is 2. The molecule has 35 heavy (non-hydrogen) atoms. The van der Waals surface area contributed by atoms with Gasteiger partial charge in [-0.15, -0.1) is 0 Å². The summed E-state index contributed by atoms with van der Waals surface area (Å²) in [5.74, 6) is -3.64. The monoisotopic (exact) mass is 479 g/mol. The maximum Gasteiger partial charge on any atom is 0.334 e. The van der Waals surface area contributed by atoms with Crippen LogP contribution in [0.1, 0.15) is 44.4 Å². The predicted molar refractivity (Wildman–Crippen MR) is 131 cm³/mol. The van der Waals surface area contributed by atoms with Crippen LogP contribution in [-0.2, 0) is 16.0 Å². The van der Waals surface area contributed by atoms with Gasteiger partial charge in [0.15, 0.2) is 0 Å². The van der Waals surface area contributed by atoms with Crippen molar-refractivity contribution in [2.24, 2.45) is 16.3 Å². The molecule has 2 aromatic rings. The van der Waals surface area contributed by atoms with Crippen molar-refractivity contribution in [1.29, 1.82) is 0 Å². The number of nitro benzene ring substituents is 1. The van der Waals surface area contributed by atoms with Gasteiger partial charge in [0.05, 0.1) is 10.5 Å². The van der Waals surface area contributed by atoms with Gasteiger partial charge in [0.2, 0.25) is 0 Å². The lowest BCUT2D eigenvalue weighted by Gasteiger charge is -2.41. The van der Waals surface area contributed by atoms with E-state index in [9.17, 15) is 29.9 Å². The van der Waals surface area contributed by atoms with Crippen LogP contribution in [0.15, 0.2) is 70.9 Å². The summed E-state index contributed by atoms with van der Waals surface area (Å²) in [6.07, 6.45) is 0.646. The number of para-hydroxylation sites is 1. The fourth-order valence-corrected chi connectivity index (χ4v) is 5.17. The van der Waals surface area contributed by atoms with Gasteiger partial charge in [0, 0.05) is 34.5 Å². The lowest BCUT2D eigenvalue weighted by molar-refractivity contribution is -0.385. The van der Waals surface area contributed by atoms with Gasteiger partial charge < -0.3 is 15.5 Å². The quantitative estimate of drug-likeness (QED) is 0.339. The largest absolute Gasteiger partial charge is 0.481 e. The zero-order valence-corrected chi connectivity index (χ0v) is 19.9. The number of aliphatic carboxylic acids is 2. The molecule has 184 valence electrons. The normalized spacial score (nSPS) is 20.8. The van der Waals surface area contributed by atoms with E-state index in [1.54, 1.807) is 39.0 Å². The summed E-state index contributed by atoms with van der Waals surface area (Å²) in [5.41, 5.74) is 0.399. The van der Waals surface area contributed by atoms with Gasteiger partial charge in [0.25, 0.3) is 5.69 Å². The molecule has 1 aliphatic heterocycles. The van der Waals surface area contributed by atoms with E-state index in [0.717, 1.165) is 5.56 Å². The van der Waals surface area contributed by atoms with Crippen LogP contribution in [0.4, 0.5) is 5.69 Å². The van der Waals surface area contributed by atoms with Gasteiger partial charge >= 0.3 is 11.9 Å². The van der Waals surface area contributed by atoms with Gasteiger partial charge in [-0.3, -0.25) is 19.9 Å². The third kappa shape index (κ3) is 5.46. The lowest BCUT2D eigenvalue weighted by atomic mass is 9.63. The Hall–Kier alpha value is -3.85. The predicted octanol–water partition coefficient (Wildman–Crippen LogP) is 4.40. The first kappa shape index (κ1) is 25.8. The van der Waals surface area contributed by atoms with Crippen molar-refractivity contribution in [3.63, 3.8) is 0 Å². The molecule has 0 spiro atoms. The molecule has 0 bridgehead atoms. The van der Waals surface area contributed by atoms with Crippen LogP contribution in [0.3, 0.4) is 0 Å². The number of hydrogen-bond acceptors (Lipinski definition) is 6. The Bertz CT molecular complexity index is 1190. The van der Waals surface area contributed by atoms with Crippen LogP contribution < -0.4 is 5.32 Å². The Morgan fingerprint density at radius 2 is 1.74 bits per heavy atom. The number of allylic oxidation sites excluding steroid dienone is 1. The minimum atomic E-state index is -1.37. The minimum Gasteiger partial charge on any atom is -0.481 e. The second-order valence-electron chi connectivity index (χ2n) is 8.97. The molecule has 1 heterocycles. The maximum absolute atomic E-state index is 12.3. The maximum atomic E-state index is 12.3. The number of rotatable bonds is 10. The summed E-state index contributed by atoms with van der Waals surface area (Å²) in [6, 6.07) is 15.3. The molecule has 0 saturated carbocycles. The molecule has 3 rings (SSSR count). The van der Waals surface area contributed by atoms with E-state index in [0.29, 0.717) is 24.2 Å². The summed E-state index contributed by atoms with van der Waals surface area (Å²) < 4.78 is 0. The standard InChI is InChI=1S/C26H29N3O6/c1-16-22(24(30)31)26(3,23(25(32)33)17(2)28-16)15-20(19-11-7-8-12-21(19)29(34)35)27-14-13-18-9-5-4-6-10-18/h4-12,20,22,27H,13-15H2,1-3H3,(H,30,31)(H,32,33). The van der Waals surface area contributed by atoms with Gasteiger partial charge in [-0.2, -0.15) is 0 Å². The molecule has 3 atom stereocenters. The molecule has 0 saturated heterocycles. The van der Waals surface area contributed by atoms with Gasteiger partial charge in [0.1, 0.15) is 5.92 Å². The number of nitrogens with one attached hydrogen (secondary N) is 1. The van der Waals surface area contributed by atoms with E-state index in [1.165, 1.54) is 6.07 Å². The van der Waals surface area contributed by atoms with Crippen molar-refractivity contribution in [2.75, 3.05) is 6.54 Å². The first-order chi connectivity index (χ1) is 16.6. The number of carboxylic acids is 2. The second-order valence-corrected chi connectivity index (χ2v) is 8.97. The van der Waals surface area contributed by atoms with Crippen molar-refractivity contribution in [3.05, 3.63) is 87.1 Å². The molecular weight excluding hydrogens is 450 g/mol. The summed E-state index contributed by atoms with van der Waals surface area (Å²) in [5, 5.41) is 35.2. The number of hydrogen-bond donors (Lipinski definition) is 3. The van der Waals surface area contributed by atoms with E-state index in [1.807, 2.05) is 30.3 Å². The molecule has 0 aromatic heterocycles. The zero-order valence-electron chi connectivity index (χ0n) is 19.9. The van der Waals surface area contributed by atoms with E-state index in [-0.39, 0.29) is 23.4 Å². The molecule has 9 nitrogen and oxygen atoms in total. The average Bonchev–Trinajstić information content (AvgIpc) is 2.78. The molecule has 0 fully saturated rings. The lowest BCUT2D eigenvalue weighted by Crippen LogP contribution is -2.46. The summed E-state index contributed by atoms with van der Waals surface area (Å²) in [7, 11) is 0. The van der Waals surface area contributed by atoms with Crippen LogP contribution >= 0.6 is 0 Å². The van der Waals surface area contributed by atoms with Gasteiger partial charge in [-0.25, -0.2) is 4.79 Å². The molecule has 0 aliphatic carbocycles. The molecule has 9 heteroatoms. The van der Waals surface area contributed by atoms with E-state index in [2.05, 4.69) is 10.3 Å². The summed E-state index contributed by atoms with van der Waals surface area (Å²) >= 11 is 0. The van der Waals surface area contributed by atoms with Crippen molar-refractivity contribution in [3.8, 4) is 0 Å². The molecule has 0 amide bonds. The third-order valence-corrected chi connectivity index (χ3v) is 6.58. The zero-order chi connectivity index (χ0) is 25.8. The van der Waals surface area contributed by atoms with Crippen molar-refractivity contribution in [2.45, 2.75) is 39.7 Å². The topological polar surface area (TPSA) is 142 Å². The van der Waals surface area contributed by atoms with Crippen LogP contribution in [0, 0.1) is 21.4 Å². The Morgan fingerprint density at radius 3 is 2.34 bits per heavy atom. The van der Waals surface area contributed by atoms with E-state index < -0.39 is 34.2 Å². The Kier molecular flexibility index (Phi) is 7.81. The summed E-state index contributed by atoms with van der Waals surface area (Å²) in [4.78, 5) is 40.2. The fourth-order valence-electron chi connectivity index (χ4n) is 5.17. The van der Waals surface area contributed by atoms with E-state index >= 15 is 0 Å². The highest BCUT2D eigenvalue weighted by Gasteiger charge is 2.51. The molecule has 0 radical (unpaired) electrons. The Morgan fingerprint density at radius 1 is 1.11 bits per heavy atom. The number of aliphatic imine (C=N–C) groups is 1. The number of benzene rings is 2. The third-order valence-electron chi connectivity index (χ3n) is 6.58. The number of carbonyl (C=O) groups is 2. The SMILES string of the molecule is CC1=NC(C)=C(C(=O)O)C(C)(CC(NCCc2ccccc2)c2ccccc2[N+](=O)[O-])C1C(=O)O. The van der Waals surface area contributed by atoms with Crippen molar-refractivity contribution in [1.82, 2.24) is 5.32 Å². The first-order valence-electron chi connectivity index (χ1n) is 11.3. The van der Waals surface area contributed by atoms with E-state index in [4.69, 9.17) is 0 Å². The van der Waals surface area contributed by atoms with Crippen molar-refractivity contribution < 1.29 is 24.7 Å². The number of nitro groups is 1.